The van der Waals surface area contributed by atoms with Crippen LogP contribution in [0.4, 0.5) is 15.8 Å². The minimum Gasteiger partial charge on any atom is -0.397 e. The first-order valence-corrected chi connectivity index (χ1v) is 6.32. The lowest BCUT2D eigenvalue weighted by Crippen LogP contribution is -2.23. The molecule has 19 heavy (non-hydrogen) atoms. The number of H-pyrrole nitrogens is 1. The van der Waals surface area contributed by atoms with Gasteiger partial charge in [0.25, 0.3) is 0 Å². The van der Waals surface area contributed by atoms with Crippen LogP contribution < -0.4 is 11.1 Å². The molecule has 1 amide bonds. The molecule has 0 spiro atoms. The molecule has 0 fully saturated rings. The van der Waals surface area contributed by atoms with Crippen molar-refractivity contribution in [3.8, 4) is 0 Å². The third-order valence-electron chi connectivity index (χ3n) is 2.32. The molecule has 4 N–H and O–H groups in total. The van der Waals surface area contributed by atoms with Crippen LogP contribution in [0.2, 0.25) is 0 Å². The zero-order valence-electron chi connectivity index (χ0n) is 10.1. The second kappa shape index (κ2) is 5.70. The molecule has 0 aliphatic heterocycles. The SMILES string of the molecule is CC(Sc1ncn[nH]1)C(=O)Nc1ccc(F)cc1N. The third kappa shape index (κ3) is 3.44. The van der Waals surface area contributed by atoms with E-state index in [9.17, 15) is 9.18 Å². The fraction of sp³-hybridized carbons (Fsp3) is 0.182. The highest BCUT2D eigenvalue weighted by Crippen LogP contribution is 2.23. The first-order chi connectivity index (χ1) is 9.06. The monoisotopic (exact) mass is 281 g/mol. The van der Waals surface area contributed by atoms with E-state index in [0.717, 1.165) is 6.07 Å². The highest BCUT2D eigenvalue weighted by Gasteiger charge is 2.17. The number of carbonyl (C=O) groups is 1. The number of aromatic nitrogens is 3. The van der Waals surface area contributed by atoms with Crippen molar-refractivity contribution >= 4 is 29.0 Å². The van der Waals surface area contributed by atoms with E-state index in [2.05, 4.69) is 20.5 Å². The Hall–Kier alpha value is -2.09. The van der Waals surface area contributed by atoms with Crippen molar-refractivity contribution in [1.29, 1.82) is 0 Å². The van der Waals surface area contributed by atoms with Gasteiger partial charge in [0.15, 0.2) is 5.16 Å². The molecule has 1 aromatic heterocycles. The average Bonchev–Trinajstić information content (AvgIpc) is 2.85. The normalized spacial score (nSPS) is 12.1. The van der Waals surface area contributed by atoms with Crippen LogP contribution in [-0.4, -0.2) is 26.3 Å². The zero-order chi connectivity index (χ0) is 13.8. The first kappa shape index (κ1) is 13.3. The predicted octanol–water partition coefficient (Wildman–Crippen LogP) is 1.65. The number of carbonyl (C=O) groups excluding carboxylic acids is 1. The van der Waals surface area contributed by atoms with Crippen LogP contribution >= 0.6 is 11.8 Å². The number of rotatable bonds is 4. The van der Waals surface area contributed by atoms with E-state index in [1.165, 1.54) is 30.2 Å². The largest absolute Gasteiger partial charge is 0.397 e. The van der Waals surface area contributed by atoms with Crippen molar-refractivity contribution in [2.45, 2.75) is 17.3 Å². The molecule has 2 aromatic rings. The molecule has 1 heterocycles. The van der Waals surface area contributed by atoms with Crippen LogP contribution in [0, 0.1) is 5.82 Å². The lowest BCUT2D eigenvalue weighted by Gasteiger charge is -2.12. The van der Waals surface area contributed by atoms with Crippen molar-refractivity contribution in [3.63, 3.8) is 0 Å². The van der Waals surface area contributed by atoms with Crippen molar-refractivity contribution < 1.29 is 9.18 Å². The summed E-state index contributed by atoms with van der Waals surface area (Å²) in [6.07, 6.45) is 1.37. The fourth-order valence-electron chi connectivity index (χ4n) is 1.35. The number of hydrogen-bond donors (Lipinski definition) is 3. The number of benzene rings is 1. The predicted molar refractivity (Wildman–Crippen MR) is 71.1 cm³/mol. The van der Waals surface area contributed by atoms with Gasteiger partial charge >= 0.3 is 0 Å². The zero-order valence-corrected chi connectivity index (χ0v) is 10.9. The van der Waals surface area contributed by atoms with Crippen LogP contribution in [0.1, 0.15) is 6.92 Å². The molecule has 1 unspecified atom stereocenters. The van der Waals surface area contributed by atoms with Crippen LogP contribution in [-0.2, 0) is 4.79 Å². The molecule has 0 saturated heterocycles. The number of aromatic amines is 1. The molecule has 8 heteroatoms. The molecule has 0 bridgehead atoms. The Balaban J connectivity index is 2.00. The van der Waals surface area contributed by atoms with E-state index < -0.39 is 11.1 Å². The number of nitrogens with zero attached hydrogens (tertiary/aromatic N) is 2. The van der Waals surface area contributed by atoms with Gasteiger partial charge in [0.05, 0.1) is 16.6 Å². The van der Waals surface area contributed by atoms with E-state index in [-0.39, 0.29) is 11.6 Å². The smallest absolute Gasteiger partial charge is 0.237 e. The fourth-order valence-corrected chi connectivity index (χ4v) is 2.07. The minimum atomic E-state index is -0.445. The average molecular weight is 281 g/mol. The summed E-state index contributed by atoms with van der Waals surface area (Å²) >= 11 is 1.23. The highest BCUT2D eigenvalue weighted by atomic mass is 32.2. The van der Waals surface area contributed by atoms with Crippen molar-refractivity contribution in [1.82, 2.24) is 15.2 Å². The summed E-state index contributed by atoms with van der Waals surface area (Å²) in [4.78, 5) is 15.8. The van der Waals surface area contributed by atoms with Crippen molar-refractivity contribution in [2.75, 3.05) is 11.1 Å². The molecule has 1 aromatic carbocycles. The van der Waals surface area contributed by atoms with Gasteiger partial charge in [-0.3, -0.25) is 9.89 Å². The van der Waals surface area contributed by atoms with Crippen molar-refractivity contribution in [3.05, 3.63) is 30.3 Å². The molecular formula is C11H12FN5OS. The second-order valence-corrected chi connectivity index (χ2v) is 5.10. The van der Waals surface area contributed by atoms with Gasteiger partial charge in [0.2, 0.25) is 5.91 Å². The Bertz CT molecular complexity index is 574. The molecule has 6 nitrogen and oxygen atoms in total. The van der Waals surface area contributed by atoms with Gasteiger partial charge in [-0.2, -0.15) is 5.10 Å². The van der Waals surface area contributed by atoms with Gasteiger partial charge < -0.3 is 11.1 Å². The number of nitrogen functional groups attached to an aromatic ring is 1. The second-order valence-electron chi connectivity index (χ2n) is 3.77. The van der Waals surface area contributed by atoms with Gasteiger partial charge in [0, 0.05) is 0 Å². The summed E-state index contributed by atoms with van der Waals surface area (Å²) < 4.78 is 12.9. The number of nitrogens with two attached hydrogens (primary N) is 1. The summed E-state index contributed by atoms with van der Waals surface area (Å²) in [5, 5.41) is 9.14. The number of hydrogen-bond acceptors (Lipinski definition) is 5. The van der Waals surface area contributed by atoms with Crippen LogP contribution in [0.5, 0.6) is 0 Å². The Labute approximate surface area is 113 Å². The number of anilines is 2. The van der Waals surface area contributed by atoms with Gasteiger partial charge in [-0.1, -0.05) is 11.8 Å². The Morgan fingerprint density at radius 1 is 1.58 bits per heavy atom. The lowest BCUT2D eigenvalue weighted by atomic mass is 10.2. The van der Waals surface area contributed by atoms with E-state index in [1.54, 1.807) is 6.92 Å². The van der Waals surface area contributed by atoms with E-state index in [1.807, 2.05) is 0 Å². The molecule has 2 rings (SSSR count). The molecular weight excluding hydrogens is 269 g/mol. The molecule has 1 atom stereocenters. The van der Waals surface area contributed by atoms with E-state index >= 15 is 0 Å². The lowest BCUT2D eigenvalue weighted by molar-refractivity contribution is -0.115. The van der Waals surface area contributed by atoms with Gasteiger partial charge in [-0.15, -0.1) is 0 Å². The molecule has 0 saturated carbocycles. The summed E-state index contributed by atoms with van der Waals surface area (Å²) in [5.41, 5.74) is 6.19. The Kier molecular flexibility index (Phi) is 4.00. The maximum Gasteiger partial charge on any atom is 0.237 e. The van der Waals surface area contributed by atoms with Crippen LogP contribution in [0.25, 0.3) is 0 Å². The van der Waals surface area contributed by atoms with Crippen molar-refractivity contribution in [2.24, 2.45) is 0 Å². The molecule has 0 radical (unpaired) electrons. The summed E-state index contributed by atoms with van der Waals surface area (Å²) in [6, 6.07) is 3.82. The molecule has 0 aliphatic rings. The maximum absolute atomic E-state index is 12.9. The maximum atomic E-state index is 12.9. The Morgan fingerprint density at radius 2 is 2.37 bits per heavy atom. The summed E-state index contributed by atoms with van der Waals surface area (Å²) in [7, 11) is 0. The van der Waals surface area contributed by atoms with Crippen LogP contribution in [0.3, 0.4) is 0 Å². The van der Waals surface area contributed by atoms with E-state index in [4.69, 9.17) is 5.73 Å². The standard InChI is InChI=1S/C11H12FN5OS/c1-6(19-11-14-5-15-17-11)10(18)16-9-3-2-7(12)4-8(9)13/h2-6H,13H2,1H3,(H,16,18)(H,14,15,17). The Morgan fingerprint density at radius 3 is 3.00 bits per heavy atom. The first-order valence-electron chi connectivity index (χ1n) is 5.44. The number of halogens is 1. The summed E-state index contributed by atoms with van der Waals surface area (Å²) in [5.74, 6) is -0.695. The van der Waals surface area contributed by atoms with Gasteiger partial charge in [-0.25, -0.2) is 9.37 Å². The minimum absolute atomic E-state index is 0.185. The highest BCUT2D eigenvalue weighted by molar-refractivity contribution is 8.00. The number of thioether (sulfide) groups is 1. The number of nitrogens with one attached hydrogen (secondary N) is 2. The van der Waals surface area contributed by atoms with Crippen LogP contribution in [0.15, 0.2) is 29.7 Å². The van der Waals surface area contributed by atoms with Gasteiger partial charge in [0.1, 0.15) is 12.1 Å². The third-order valence-corrected chi connectivity index (χ3v) is 3.31. The number of amides is 1. The summed E-state index contributed by atoms with van der Waals surface area (Å²) in [6.45, 7) is 1.72. The molecule has 0 aliphatic carbocycles. The molecule has 100 valence electrons. The van der Waals surface area contributed by atoms with Gasteiger partial charge in [-0.05, 0) is 25.1 Å². The topological polar surface area (TPSA) is 96.7 Å². The quantitative estimate of drug-likeness (QED) is 0.585. The van der Waals surface area contributed by atoms with E-state index in [0.29, 0.717) is 10.8 Å².